The van der Waals surface area contributed by atoms with Crippen molar-refractivity contribution in [2.45, 2.75) is 6.54 Å². The molecule has 0 aliphatic rings. The van der Waals surface area contributed by atoms with Crippen LogP contribution in [-0.2, 0) is 6.54 Å². The number of nitro benzene ring substituents is 1. The van der Waals surface area contributed by atoms with Crippen LogP contribution in [0.15, 0.2) is 79.1 Å². The first-order chi connectivity index (χ1) is 16.0. The molecule has 0 unspecified atom stereocenters. The molecule has 0 saturated carbocycles. The number of aromatic nitrogens is 4. The fourth-order valence-corrected chi connectivity index (χ4v) is 2.96. The van der Waals surface area contributed by atoms with Crippen molar-refractivity contribution in [2.75, 3.05) is 5.32 Å². The molecule has 2 heterocycles. The average Bonchev–Trinajstić information content (AvgIpc) is 3.27. The third-order valence-electron chi connectivity index (χ3n) is 4.60. The van der Waals surface area contributed by atoms with Gasteiger partial charge >= 0.3 is 0 Å². The highest BCUT2D eigenvalue weighted by Crippen LogP contribution is 2.18. The summed E-state index contributed by atoms with van der Waals surface area (Å²) in [5.41, 5.74) is 1.82. The highest BCUT2D eigenvalue weighted by molar-refractivity contribution is 5.95. The summed E-state index contributed by atoms with van der Waals surface area (Å²) < 4.78 is 14.3. The monoisotopic (exact) mass is 444 g/mol. The highest BCUT2D eigenvalue weighted by atomic mass is 19.1. The normalized spacial score (nSPS) is 10.9. The Bertz CT molecular complexity index is 1320. The number of hydrogen-bond acceptors (Lipinski definition) is 7. The van der Waals surface area contributed by atoms with Crippen LogP contribution in [0.1, 0.15) is 15.9 Å². The van der Waals surface area contributed by atoms with Crippen molar-refractivity contribution in [2.24, 2.45) is 0 Å². The van der Waals surface area contributed by atoms with E-state index >= 15 is 0 Å². The van der Waals surface area contributed by atoms with Gasteiger partial charge in [0.1, 0.15) is 5.82 Å². The number of allylic oxidation sites excluding steroid dienone is 1. The van der Waals surface area contributed by atoms with Gasteiger partial charge in [-0.15, -0.1) is 5.10 Å². The molecule has 164 valence electrons. The van der Waals surface area contributed by atoms with Crippen LogP contribution in [0, 0.1) is 15.9 Å². The van der Waals surface area contributed by atoms with Crippen molar-refractivity contribution in [1.29, 1.82) is 0 Å². The molecule has 0 atom stereocenters. The molecule has 2 aromatic carbocycles. The molecule has 10 heteroatoms. The zero-order chi connectivity index (χ0) is 23.2. The van der Waals surface area contributed by atoms with Crippen molar-refractivity contribution in [3.05, 3.63) is 106 Å². The predicted molar refractivity (Wildman–Crippen MR) is 120 cm³/mol. The lowest BCUT2D eigenvalue weighted by molar-refractivity contribution is -0.384. The summed E-state index contributed by atoms with van der Waals surface area (Å²) in [6, 6.07) is 15.3. The van der Waals surface area contributed by atoms with Crippen molar-refractivity contribution in [3.8, 4) is 11.4 Å². The van der Waals surface area contributed by atoms with Crippen LogP contribution in [0.2, 0.25) is 0 Å². The second kappa shape index (κ2) is 9.60. The number of benzene rings is 2. The first-order valence-electron chi connectivity index (χ1n) is 9.82. The van der Waals surface area contributed by atoms with Gasteiger partial charge in [0.2, 0.25) is 5.95 Å². The summed E-state index contributed by atoms with van der Waals surface area (Å²) in [6.45, 7) is 0.285. The van der Waals surface area contributed by atoms with Gasteiger partial charge < -0.3 is 5.32 Å². The number of anilines is 1. The molecule has 0 amide bonds. The minimum atomic E-state index is -0.509. The van der Waals surface area contributed by atoms with Gasteiger partial charge in [0.15, 0.2) is 5.82 Å². The van der Waals surface area contributed by atoms with E-state index in [2.05, 4.69) is 20.4 Å². The zero-order valence-corrected chi connectivity index (χ0v) is 17.1. The van der Waals surface area contributed by atoms with Crippen LogP contribution in [0.5, 0.6) is 0 Å². The highest BCUT2D eigenvalue weighted by Gasteiger charge is 2.16. The van der Waals surface area contributed by atoms with Crippen molar-refractivity contribution in [3.63, 3.8) is 0 Å². The van der Waals surface area contributed by atoms with Gasteiger partial charge in [0, 0.05) is 42.7 Å². The van der Waals surface area contributed by atoms with Gasteiger partial charge in [0.05, 0.1) is 4.92 Å². The van der Waals surface area contributed by atoms with E-state index in [1.165, 1.54) is 42.5 Å². The lowest BCUT2D eigenvalue weighted by atomic mass is 10.2. The van der Waals surface area contributed by atoms with Gasteiger partial charge in [-0.05, 0) is 41.5 Å². The molecule has 9 nitrogen and oxygen atoms in total. The number of non-ortho nitro benzene ring substituents is 1. The van der Waals surface area contributed by atoms with E-state index in [0.29, 0.717) is 17.0 Å². The van der Waals surface area contributed by atoms with E-state index in [0.717, 1.165) is 10.2 Å². The number of hydrogen-bond donors (Lipinski definition) is 1. The van der Waals surface area contributed by atoms with Gasteiger partial charge in [0.25, 0.3) is 11.6 Å². The molecule has 0 saturated heterocycles. The van der Waals surface area contributed by atoms with Crippen LogP contribution in [0.3, 0.4) is 0 Å². The van der Waals surface area contributed by atoms with Crippen molar-refractivity contribution >= 4 is 23.6 Å². The first kappa shape index (κ1) is 21.5. The summed E-state index contributed by atoms with van der Waals surface area (Å²) in [6.07, 6.45) is 5.91. The first-order valence-corrected chi connectivity index (χ1v) is 9.82. The van der Waals surface area contributed by atoms with Crippen LogP contribution in [0.25, 0.3) is 17.5 Å². The number of rotatable bonds is 7. The summed E-state index contributed by atoms with van der Waals surface area (Å²) in [4.78, 5) is 31.8. The quantitative estimate of drug-likeness (QED) is 0.256. The number of pyridine rings is 1. The van der Waals surface area contributed by atoms with Crippen LogP contribution in [-0.4, -0.2) is 30.6 Å². The molecule has 0 aliphatic heterocycles. The van der Waals surface area contributed by atoms with E-state index in [9.17, 15) is 19.3 Å². The molecule has 0 fully saturated rings. The fraction of sp³-hybridized carbons (Fsp3) is 0.0435. The van der Waals surface area contributed by atoms with Crippen LogP contribution >= 0.6 is 0 Å². The smallest absolute Gasteiger partial charge is 0.274 e. The maximum absolute atomic E-state index is 13.2. The van der Waals surface area contributed by atoms with Gasteiger partial charge in [-0.3, -0.25) is 19.9 Å². The Morgan fingerprint density at radius 3 is 2.70 bits per heavy atom. The van der Waals surface area contributed by atoms with E-state index in [4.69, 9.17) is 0 Å². The van der Waals surface area contributed by atoms with Gasteiger partial charge in [-0.2, -0.15) is 9.67 Å². The second-order valence-corrected chi connectivity index (χ2v) is 6.92. The Labute approximate surface area is 187 Å². The number of nitro groups is 1. The predicted octanol–water partition coefficient (Wildman–Crippen LogP) is 4.35. The summed E-state index contributed by atoms with van der Waals surface area (Å²) in [7, 11) is 0. The Hall–Kier alpha value is -4.73. The largest absolute Gasteiger partial charge is 0.350 e. The average molecular weight is 444 g/mol. The molecule has 4 rings (SSSR count). The number of carbonyl (C=O) groups is 1. The maximum Gasteiger partial charge on any atom is 0.274 e. The zero-order valence-electron chi connectivity index (χ0n) is 17.1. The summed E-state index contributed by atoms with van der Waals surface area (Å²) in [5, 5.41) is 18.3. The molecular formula is C23H17FN6O3. The summed E-state index contributed by atoms with van der Waals surface area (Å²) >= 11 is 0. The Morgan fingerprint density at radius 1 is 1.15 bits per heavy atom. The SMILES string of the molecule is O=C(C=Cc1cccc([N+](=O)[O-])c1)n1nc(-c2cccnc2)nc1NCc1ccc(F)cc1. The third-order valence-corrected chi connectivity index (χ3v) is 4.60. The van der Waals surface area contributed by atoms with E-state index in [-0.39, 0.29) is 24.0 Å². The Morgan fingerprint density at radius 2 is 1.97 bits per heavy atom. The summed E-state index contributed by atoms with van der Waals surface area (Å²) in [5.74, 6) is -0.373. The maximum atomic E-state index is 13.2. The number of nitrogens with one attached hydrogen (secondary N) is 1. The topological polar surface area (TPSA) is 116 Å². The molecule has 0 spiro atoms. The minimum absolute atomic E-state index is 0.0779. The number of halogens is 1. The van der Waals surface area contributed by atoms with E-state index in [1.54, 1.807) is 42.7 Å². The second-order valence-electron chi connectivity index (χ2n) is 6.92. The molecule has 0 bridgehead atoms. The van der Waals surface area contributed by atoms with Gasteiger partial charge in [-0.1, -0.05) is 24.3 Å². The van der Waals surface area contributed by atoms with Crippen LogP contribution in [0.4, 0.5) is 16.0 Å². The molecule has 4 aromatic rings. The molecule has 0 aliphatic carbocycles. The lowest BCUT2D eigenvalue weighted by Crippen LogP contribution is -2.14. The van der Waals surface area contributed by atoms with Crippen molar-refractivity contribution in [1.82, 2.24) is 19.7 Å². The molecule has 33 heavy (non-hydrogen) atoms. The standard InChI is InChI=1S/C23H17FN6O3/c24-19-9-6-17(7-10-19)14-26-23-27-22(18-4-2-12-25-15-18)28-29(23)21(31)11-8-16-3-1-5-20(13-16)30(32)33/h1-13,15H,14H2,(H,26,27,28). The Balaban J connectivity index is 1.61. The molecule has 1 N–H and O–H groups in total. The number of carbonyl (C=O) groups excluding carboxylic acids is 1. The van der Waals surface area contributed by atoms with Crippen molar-refractivity contribution < 1.29 is 14.1 Å². The van der Waals surface area contributed by atoms with Crippen LogP contribution < -0.4 is 5.32 Å². The molecular weight excluding hydrogens is 427 g/mol. The van der Waals surface area contributed by atoms with Gasteiger partial charge in [-0.25, -0.2) is 4.39 Å². The lowest BCUT2D eigenvalue weighted by Gasteiger charge is -2.06. The molecule has 2 aromatic heterocycles. The molecule has 0 radical (unpaired) electrons. The third kappa shape index (κ3) is 5.31. The fourth-order valence-electron chi connectivity index (χ4n) is 2.96. The number of nitrogens with zero attached hydrogens (tertiary/aromatic N) is 5. The van der Waals surface area contributed by atoms with E-state index < -0.39 is 10.8 Å². The Kier molecular flexibility index (Phi) is 6.26. The van der Waals surface area contributed by atoms with E-state index in [1.807, 2.05) is 0 Å². The minimum Gasteiger partial charge on any atom is -0.350 e.